The van der Waals surface area contributed by atoms with Crippen molar-refractivity contribution in [2.75, 3.05) is 30.5 Å². The van der Waals surface area contributed by atoms with Gasteiger partial charge < -0.3 is 10.2 Å². The highest BCUT2D eigenvalue weighted by Gasteiger charge is 2.48. The Labute approximate surface area is 235 Å². The number of benzene rings is 2. The molecule has 2 aromatic rings. The van der Waals surface area contributed by atoms with E-state index in [1.807, 2.05) is 0 Å². The number of hydrogen-bond donors (Lipinski definition) is 1. The van der Waals surface area contributed by atoms with Crippen molar-refractivity contribution in [3.05, 3.63) is 69.6 Å². The van der Waals surface area contributed by atoms with E-state index in [2.05, 4.69) is 24.1 Å². The number of sulfonamides is 1. The van der Waals surface area contributed by atoms with Crippen LogP contribution < -0.4 is 9.62 Å². The van der Waals surface area contributed by atoms with Crippen molar-refractivity contribution in [2.24, 2.45) is 5.92 Å². The maximum atomic E-state index is 15.0. The number of nitrogens with zero attached hydrogens (tertiary/aromatic N) is 2. The molecule has 0 aliphatic heterocycles. The van der Waals surface area contributed by atoms with E-state index in [9.17, 15) is 17.6 Å². The second-order valence-electron chi connectivity index (χ2n) is 9.51. The number of carbonyl (C=O) groups is 1. The van der Waals surface area contributed by atoms with Crippen molar-refractivity contribution in [1.29, 1.82) is 0 Å². The molecule has 3 rings (SSSR count). The third kappa shape index (κ3) is 7.50. The molecule has 208 valence electrons. The first-order chi connectivity index (χ1) is 18.1. The van der Waals surface area contributed by atoms with E-state index in [4.69, 9.17) is 23.2 Å². The van der Waals surface area contributed by atoms with E-state index < -0.39 is 21.8 Å². The minimum Gasteiger partial charge on any atom is -0.355 e. The summed E-state index contributed by atoms with van der Waals surface area (Å²) >= 11 is 12.1. The minimum absolute atomic E-state index is 0.0770. The number of halogens is 3. The van der Waals surface area contributed by atoms with Gasteiger partial charge in [0.15, 0.2) is 0 Å². The summed E-state index contributed by atoms with van der Waals surface area (Å²) in [5, 5.41) is 3.48. The molecular weight excluding hydrogens is 548 g/mol. The molecule has 0 bridgehead atoms. The van der Waals surface area contributed by atoms with Gasteiger partial charge >= 0.3 is 0 Å². The standard InChI is InChI=1S/C28H36Cl2FN3O3S/c1-4-6-16-33(17-7-5-2)18-8-15-32-28(35)26-20(3)27(26)34(25-19-22(30)11-14-24(25)31)38(36,37)23-12-9-21(29)10-13-23/h9-14,19,26H,4-8,15-18H2,1-3H3,(H,32,35). The molecule has 0 fully saturated rings. The van der Waals surface area contributed by atoms with Crippen molar-refractivity contribution in [3.8, 4) is 0 Å². The van der Waals surface area contributed by atoms with Gasteiger partial charge in [-0.15, -0.1) is 0 Å². The van der Waals surface area contributed by atoms with E-state index in [0.29, 0.717) is 17.1 Å². The van der Waals surface area contributed by atoms with Crippen LogP contribution >= 0.6 is 23.2 Å². The van der Waals surface area contributed by atoms with Crippen LogP contribution in [-0.4, -0.2) is 45.4 Å². The molecule has 1 unspecified atom stereocenters. The SMILES string of the molecule is CCCCN(CCCC)CCCNC(=O)C1C(C)=C1N(c1cc(Cl)ccc1F)S(=O)(=O)c1ccc(Cl)cc1. The first kappa shape index (κ1) is 30.4. The van der Waals surface area contributed by atoms with E-state index in [1.54, 1.807) is 6.92 Å². The van der Waals surface area contributed by atoms with Gasteiger partial charge in [-0.3, -0.25) is 4.79 Å². The molecule has 1 aliphatic rings. The molecule has 2 aromatic carbocycles. The maximum absolute atomic E-state index is 15.0. The zero-order chi connectivity index (χ0) is 27.9. The Morgan fingerprint density at radius 1 is 0.947 bits per heavy atom. The molecule has 38 heavy (non-hydrogen) atoms. The summed E-state index contributed by atoms with van der Waals surface area (Å²) in [7, 11) is -4.27. The predicted octanol–water partition coefficient (Wildman–Crippen LogP) is 6.64. The van der Waals surface area contributed by atoms with Crippen molar-refractivity contribution in [1.82, 2.24) is 10.2 Å². The third-order valence-corrected chi connectivity index (χ3v) is 8.82. The second kappa shape index (κ2) is 13.8. The van der Waals surface area contributed by atoms with Crippen molar-refractivity contribution in [3.63, 3.8) is 0 Å². The second-order valence-corrected chi connectivity index (χ2v) is 12.2. The number of amides is 1. The Bertz CT molecular complexity index is 1240. The maximum Gasteiger partial charge on any atom is 0.268 e. The molecule has 10 heteroatoms. The van der Waals surface area contributed by atoms with E-state index in [-0.39, 0.29) is 27.2 Å². The third-order valence-electron chi connectivity index (χ3n) is 6.59. The molecule has 1 N–H and O–H groups in total. The monoisotopic (exact) mass is 583 g/mol. The smallest absolute Gasteiger partial charge is 0.268 e. The summed E-state index contributed by atoms with van der Waals surface area (Å²) in [6.07, 6.45) is 5.34. The van der Waals surface area contributed by atoms with Gasteiger partial charge in [-0.25, -0.2) is 17.1 Å². The Balaban J connectivity index is 1.75. The lowest BCUT2D eigenvalue weighted by Gasteiger charge is -2.24. The molecule has 0 spiro atoms. The highest BCUT2D eigenvalue weighted by atomic mass is 35.5. The lowest BCUT2D eigenvalue weighted by Crippen LogP contribution is -2.35. The lowest BCUT2D eigenvalue weighted by molar-refractivity contribution is -0.121. The molecule has 6 nitrogen and oxygen atoms in total. The van der Waals surface area contributed by atoms with Crippen LogP contribution in [0.1, 0.15) is 52.9 Å². The summed E-state index contributed by atoms with van der Waals surface area (Å²) in [5.74, 6) is -1.84. The number of rotatable bonds is 15. The summed E-state index contributed by atoms with van der Waals surface area (Å²) in [6, 6.07) is 9.30. The Morgan fingerprint density at radius 3 is 2.13 bits per heavy atom. The molecular formula is C28H36Cl2FN3O3S. The van der Waals surface area contributed by atoms with Crippen molar-refractivity contribution >= 4 is 44.8 Å². The minimum atomic E-state index is -4.27. The molecule has 0 saturated heterocycles. The zero-order valence-corrected chi connectivity index (χ0v) is 24.5. The summed E-state index contributed by atoms with van der Waals surface area (Å²) in [4.78, 5) is 15.4. The Kier molecular flexibility index (Phi) is 11.0. The fourth-order valence-corrected chi connectivity index (χ4v) is 6.26. The lowest BCUT2D eigenvalue weighted by atomic mass is 10.2. The average Bonchev–Trinajstić information content (AvgIpc) is 3.54. The van der Waals surface area contributed by atoms with E-state index >= 15 is 0 Å². The van der Waals surface area contributed by atoms with Crippen LogP contribution in [0.5, 0.6) is 0 Å². The Hall–Kier alpha value is -2.13. The molecule has 1 atom stereocenters. The first-order valence-electron chi connectivity index (χ1n) is 13.1. The van der Waals surface area contributed by atoms with Crippen LogP contribution in [0, 0.1) is 11.7 Å². The van der Waals surface area contributed by atoms with Gasteiger partial charge in [-0.1, -0.05) is 49.9 Å². The number of anilines is 1. The highest BCUT2D eigenvalue weighted by molar-refractivity contribution is 7.93. The van der Waals surface area contributed by atoms with Gasteiger partial charge in [0.25, 0.3) is 10.0 Å². The molecule has 0 aromatic heterocycles. The van der Waals surface area contributed by atoms with E-state index in [1.165, 1.54) is 36.4 Å². The normalized spacial score (nSPS) is 15.2. The van der Waals surface area contributed by atoms with Crippen LogP contribution in [0.2, 0.25) is 10.0 Å². The summed E-state index contributed by atoms with van der Waals surface area (Å²) < 4.78 is 43.3. The van der Waals surface area contributed by atoms with Gasteiger partial charge in [0.2, 0.25) is 5.91 Å². The van der Waals surface area contributed by atoms with Crippen LogP contribution in [0.3, 0.4) is 0 Å². The molecule has 1 aliphatic carbocycles. The van der Waals surface area contributed by atoms with Crippen molar-refractivity contribution in [2.45, 2.75) is 57.8 Å². The van der Waals surface area contributed by atoms with Gasteiger partial charge in [0.1, 0.15) is 11.7 Å². The Morgan fingerprint density at radius 2 is 1.53 bits per heavy atom. The fourth-order valence-electron chi connectivity index (χ4n) is 4.37. The largest absolute Gasteiger partial charge is 0.355 e. The summed E-state index contributed by atoms with van der Waals surface area (Å²) in [6.45, 7) is 9.47. The fraction of sp³-hybridized carbons (Fsp3) is 0.464. The van der Waals surface area contributed by atoms with Crippen LogP contribution in [0.4, 0.5) is 10.1 Å². The molecule has 0 heterocycles. The molecule has 1 amide bonds. The number of unbranched alkanes of at least 4 members (excludes halogenated alkanes) is 2. The van der Waals surface area contributed by atoms with Crippen LogP contribution in [0.15, 0.2) is 58.6 Å². The molecule has 0 saturated carbocycles. The zero-order valence-electron chi connectivity index (χ0n) is 22.1. The number of carbonyl (C=O) groups excluding carboxylic acids is 1. The van der Waals surface area contributed by atoms with Gasteiger partial charge in [-0.2, -0.15) is 0 Å². The first-order valence-corrected chi connectivity index (χ1v) is 15.3. The predicted molar refractivity (Wildman–Crippen MR) is 153 cm³/mol. The topological polar surface area (TPSA) is 69.7 Å². The van der Waals surface area contributed by atoms with Crippen molar-refractivity contribution < 1.29 is 17.6 Å². The number of nitrogens with one attached hydrogen (secondary N) is 1. The highest BCUT2D eigenvalue weighted by Crippen LogP contribution is 2.47. The van der Waals surface area contributed by atoms with Gasteiger partial charge in [-0.05, 0) is 93.9 Å². The summed E-state index contributed by atoms with van der Waals surface area (Å²) in [5.41, 5.74) is 0.553. The number of hydrogen-bond acceptors (Lipinski definition) is 4. The van der Waals surface area contributed by atoms with Gasteiger partial charge in [0, 0.05) is 16.6 Å². The van der Waals surface area contributed by atoms with Crippen LogP contribution in [-0.2, 0) is 14.8 Å². The van der Waals surface area contributed by atoms with E-state index in [0.717, 1.165) is 62.1 Å². The quantitative estimate of drug-likeness (QED) is 0.238. The average molecular weight is 585 g/mol. The molecule has 0 radical (unpaired) electrons. The van der Waals surface area contributed by atoms with Gasteiger partial charge in [0.05, 0.1) is 16.3 Å². The van der Waals surface area contributed by atoms with Crippen LogP contribution in [0.25, 0.3) is 0 Å².